The number of benzene rings is 1. The van der Waals surface area contributed by atoms with Gasteiger partial charge in [-0.3, -0.25) is 0 Å². The van der Waals surface area contributed by atoms with Gasteiger partial charge in [-0.05, 0) is 52.3 Å². The van der Waals surface area contributed by atoms with Crippen LogP contribution in [0.2, 0.25) is 0 Å². The van der Waals surface area contributed by atoms with Crippen LogP contribution in [0.15, 0.2) is 43.9 Å². The summed E-state index contributed by atoms with van der Waals surface area (Å²) in [7, 11) is 0. The minimum absolute atomic E-state index is 0.134. The maximum Gasteiger partial charge on any atom is 0.416 e. The van der Waals surface area contributed by atoms with Gasteiger partial charge in [0.15, 0.2) is 4.67 Å². The zero-order chi connectivity index (χ0) is 15.6. The van der Waals surface area contributed by atoms with Crippen molar-refractivity contribution in [2.45, 2.75) is 19.1 Å². The lowest BCUT2D eigenvalue weighted by Crippen LogP contribution is -2.24. The van der Waals surface area contributed by atoms with Crippen LogP contribution >= 0.6 is 31.9 Å². The van der Waals surface area contributed by atoms with Gasteiger partial charge >= 0.3 is 6.18 Å². The third-order valence-electron chi connectivity index (χ3n) is 2.92. The smallest absolute Gasteiger partial charge is 0.416 e. The number of hydrogen-bond donors (Lipinski definition) is 1. The summed E-state index contributed by atoms with van der Waals surface area (Å²) < 4.78 is 46.1. The molecular weight excluding hydrogens is 415 g/mol. The predicted molar refractivity (Wildman–Crippen MR) is 81.1 cm³/mol. The van der Waals surface area contributed by atoms with Gasteiger partial charge < -0.3 is 9.73 Å². The Morgan fingerprint density at radius 1 is 1.19 bits per heavy atom. The molecule has 0 amide bonds. The second-order valence-electron chi connectivity index (χ2n) is 4.36. The maximum absolute atomic E-state index is 13.3. The molecule has 0 aliphatic heterocycles. The molecule has 0 bridgehead atoms. The fourth-order valence-corrected chi connectivity index (χ4v) is 2.76. The van der Waals surface area contributed by atoms with E-state index >= 15 is 0 Å². The van der Waals surface area contributed by atoms with Gasteiger partial charge in [-0.25, -0.2) is 0 Å². The van der Waals surface area contributed by atoms with Crippen molar-refractivity contribution in [1.82, 2.24) is 5.32 Å². The molecule has 0 saturated carbocycles. The molecule has 0 spiro atoms. The molecule has 114 valence electrons. The van der Waals surface area contributed by atoms with Gasteiger partial charge in [0.25, 0.3) is 0 Å². The van der Waals surface area contributed by atoms with Crippen LogP contribution in [-0.4, -0.2) is 6.54 Å². The van der Waals surface area contributed by atoms with E-state index < -0.39 is 17.8 Å². The Kier molecular flexibility index (Phi) is 5.16. The summed E-state index contributed by atoms with van der Waals surface area (Å²) in [5.74, 6) is 0.427. The molecule has 1 heterocycles. The van der Waals surface area contributed by atoms with Crippen molar-refractivity contribution in [2.75, 3.05) is 6.54 Å². The van der Waals surface area contributed by atoms with E-state index in [1.54, 1.807) is 18.2 Å². The van der Waals surface area contributed by atoms with Crippen LogP contribution in [0.5, 0.6) is 0 Å². The number of halogens is 5. The maximum atomic E-state index is 13.3. The molecule has 1 unspecified atom stereocenters. The molecule has 21 heavy (non-hydrogen) atoms. The first-order valence-electron chi connectivity index (χ1n) is 6.18. The highest BCUT2D eigenvalue weighted by molar-refractivity contribution is 9.10. The summed E-state index contributed by atoms with van der Waals surface area (Å²) in [6.07, 6.45) is -4.43. The second kappa shape index (κ2) is 6.54. The van der Waals surface area contributed by atoms with Crippen LogP contribution in [-0.2, 0) is 6.18 Å². The van der Waals surface area contributed by atoms with Crippen molar-refractivity contribution >= 4 is 31.9 Å². The lowest BCUT2D eigenvalue weighted by atomic mass is 9.98. The van der Waals surface area contributed by atoms with Gasteiger partial charge in [-0.2, -0.15) is 13.2 Å². The third-order valence-corrected chi connectivity index (χ3v) is 3.84. The molecule has 0 fully saturated rings. The van der Waals surface area contributed by atoms with Gasteiger partial charge in [0.2, 0.25) is 0 Å². The lowest BCUT2D eigenvalue weighted by Gasteiger charge is -2.21. The zero-order valence-electron chi connectivity index (χ0n) is 11.0. The van der Waals surface area contributed by atoms with E-state index in [1.807, 2.05) is 6.92 Å². The van der Waals surface area contributed by atoms with Crippen LogP contribution in [0, 0.1) is 0 Å². The van der Waals surface area contributed by atoms with E-state index in [1.165, 1.54) is 6.07 Å². The molecular formula is C14H12Br2F3NO. The highest BCUT2D eigenvalue weighted by atomic mass is 79.9. The second-order valence-corrected chi connectivity index (χ2v) is 6.06. The van der Waals surface area contributed by atoms with Gasteiger partial charge in [-0.15, -0.1) is 0 Å². The van der Waals surface area contributed by atoms with Crippen molar-refractivity contribution < 1.29 is 17.6 Å². The van der Waals surface area contributed by atoms with Crippen LogP contribution < -0.4 is 5.32 Å². The molecule has 0 aliphatic carbocycles. The standard InChI is InChI=1S/C14H12Br2F3NO/c1-2-20-13(11-5-6-12(16)21-11)9-4-3-8(15)7-10(9)14(17,18)19/h3-7,13,20H,2H2,1H3. The fraction of sp³-hybridized carbons (Fsp3) is 0.286. The molecule has 0 saturated heterocycles. The summed E-state index contributed by atoms with van der Waals surface area (Å²) in [6.45, 7) is 2.34. The largest absolute Gasteiger partial charge is 0.452 e. The number of alkyl halides is 3. The molecule has 7 heteroatoms. The lowest BCUT2D eigenvalue weighted by molar-refractivity contribution is -0.138. The van der Waals surface area contributed by atoms with Gasteiger partial charge in [-0.1, -0.05) is 28.9 Å². The number of hydrogen-bond acceptors (Lipinski definition) is 2. The molecule has 2 nitrogen and oxygen atoms in total. The molecule has 1 aromatic heterocycles. The van der Waals surface area contributed by atoms with Crippen LogP contribution in [0.3, 0.4) is 0 Å². The van der Waals surface area contributed by atoms with Crippen molar-refractivity contribution in [3.63, 3.8) is 0 Å². The SMILES string of the molecule is CCNC(c1ccc(Br)o1)c1ccc(Br)cc1C(F)(F)F. The summed E-state index contributed by atoms with van der Waals surface area (Å²) in [6, 6.07) is 6.78. The summed E-state index contributed by atoms with van der Waals surface area (Å²) >= 11 is 6.26. The van der Waals surface area contributed by atoms with E-state index in [2.05, 4.69) is 37.2 Å². The quantitative estimate of drug-likeness (QED) is 0.696. The third kappa shape index (κ3) is 3.90. The number of nitrogens with one attached hydrogen (secondary N) is 1. The van der Waals surface area contributed by atoms with E-state index in [0.717, 1.165) is 6.07 Å². The Hall–Kier alpha value is -0.790. The van der Waals surface area contributed by atoms with Crippen molar-refractivity contribution in [2.24, 2.45) is 0 Å². The summed E-state index contributed by atoms with van der Waals surface area (Å²) in [5, 5.41) is 3.03. The Bertz CT molecular complexity index is 625. The highest BCUT2D eigenvalue weighted by Gasteiger charge is 2.36. The Balaban J connectivity index is 2.55. The predicted octanol–water partition coefficient (Wildman–Crippen LogP) is 5.52. The minimum Gasteiger partial charge on any atom is -0.452 e. The van der Waals surface area contributed by atoms with Gasteiger partial charge in [0.05, 0.1) is 11.6 Å². The zero-order valence-corrected chi connectivity index (χ0v) is 14.1. The Morgan fingerprint density at radius 2 is 1.90 bits per heavy atom. The molecule has 2 aromatic rings. The minimum atomic E-state index is -4.43. The van der Waals surface area contributed by atoms with Gasteiger partial charge in [0, 0.05) is 4.47 Å². The van der Waals surface area contributed by atoms with E-state index in [4.69, 9.17) is 4.42 Å². The van der Waals surface area contributed by atoms with E-state index in [-0.39, 0.29) is 5.56 Å². The van der Waals surface area contributed by atoms with Crippen molar-refractivity contribution in [3.8, 4) is 0 Å². The summed E-state index contributed by atoms with van der Waals surface area (Å²) in [4.78, 5) is 0. The van der Waals surface area contributed by atoms with E-state index in [9.17, 15) is 13.2 Å². The van der Waals surface area contributed by atoms with E-state index in [0.29, 0.717) is 21.4 Å². The Morgan fingerprint density at radius 3 is 2.43 bits per heavy atom. The first kappa shape index (κ1) is 16.6. The van der Waals surface area contributed by atoms with Crippen LogP contribution in [0.4, 0.5) is 13.2 Å². The monoisotopic (exact) mass is 425 g/mol. The molecule has 0 aliphatic rings. The van der Waals surface area contributed by atoms with Crippen LogP contribution in [0.1, 0.15) is 29.9 Å². The number of furan rings is 1. The van der Waals surface area contributed by atoms with Crippen LogP contribution in [0.25, 0.3) is 0 Å². The topological polar surface area (TPSA) is 25.2 Å². The average molecular weight is 427 g/mol. The molecule has 2 rings (SSSR count). The van der Waals surface area contributed by atoms with Crippen molar-refractivity contribution in [3.05, 3.63) is 56.4 Å². The highest BCUT2D eigenvalue weighted by Crippen LogP contribution is 2.38. The fourth-order valence-electron chi connectivity index (χ4n) is 2.08. The molecule has 1 N–H and O–H groups in total. The molecule has 0 radical (unpaired) electrons. The summed E-state index contributed by atoms with van der Waals surface area (Å²) in [5.41, 5.74) is -0.551. The molecule has 1 atom stereocenters. The number of rotatable bonds is 4. The first-order chi connectivity index (χ1) is 9.82. The van der Waals surface area contributed by atoms with Gasteiger partial charge in [0.1, 0.15) is 5.76 Å². The Labute approximate surface area is 137 Å². The normalized spacial score (nSPS) is 13.4. The first-order valence-corrected chi connectivity index (χ1v) is 7.76. The molecule has 1 aromatic carbocycles. The van der Waals surface area contributed by atoms with Crippen molar-refractivity contribution in [1.29, 1.82) is 0 Å². The average Bonchev–Trinajstić information content (AvgIpc) is 2.82.